The normalized spacial score (nSPS) is 11.6. The van der Waals surface area contributed by atoms with Gasteiger partial charge < -0.3 is 4.74 Å². The Morgan fingerprint density at radius 2 is 2.35 bits per heavy atom. The molecule has 122 valence electrons. The van der Waals surface area contributed by atoms with Crippen molar-refractivity contribution in [3.63, 3.8) is 0 Å². The van der Waals surface area contributed by atoms with Crippen LogP contribution < -0.4 is 5.32 Å². The number of thiazole rings is 1. The number of nitrogens with zero attached hydrogens (tertiary/aromatic N) is 4. The molecule has 0 atom stereocenters. The molecule has 2 rings (SSSR count). The van der Waals surface area contributed by atoms with E-state index in [0.717, 1.165) is 5.69 Å². The predicted octanol–water partition coefficient (Wildman–Crippen LogP) is 3.44. The zero-order valence-electron chi connectivity index (χ0n) is 13.0. The van der Waals surface area contributed by atoms with Crippen LogP contribution in [-0.4, -0.2) is 38.0 Å². The maximum absolute atomic E-state index is 11.7. The second-order valence-electron chi connectivity index (χ2n) is 5.56. The molecule has 1 N–H and O–H groups in total. The van der Waals surface area contributed by atoms with Crippen LogP contribution in [0.25, 0.3) is 0 Å². The van der Waals surface area contributed by atoms with E-state index in [1.165, 1.54) is 22.9 Å². The molecular formula is C14H17N5O2S2. The van der Waals surface area contributed by atoms with Crippen molar-refractivity contribution in [1.82, 2.24) is 14.8 Å². The standard InChI is InChI=1S/C14H17N5O2S2/c1-14(2,3)21-13(20)17-12-16-10(9-23-12)8-19-6-4-11(18-19)15-5-7-22/h4-7,9H,8H2,1-3H3,(H,16,17,20). The van der Waals surface area contributed by atoms with Crippen LogP contribution in [0, 0.1) is 0 Å². The molecule has 0 radical (unpaired) electrons. The minimum atomic E-state index is -0.543. The Balaban J connectivity index is 1.94. The molecule has 0 aliphatic heterocycles. The van der Waals surface area contributed by atoms with Crippen LogP contribution in [-0.2, 0) is 11.3 Å². The number of aromatic nitrogens is 3. The molecule has 0 fully saturated rings. The first-order valence-corrected chi connectivity index (χ1v) is 8.16. The first-order valence-electron chi connectivity index (χ1n) is 6.81. The summed E-state index contributed by atoms with van der Waals surface area (Å²) >= 11 is 6.00. The van der Waals surface area contributed by atoms with E-state index in [-0.39, 0.29) is 0 Å². The van der Waals surface area contributed by atoms with Gasteiger partial charge in [-0.25, -0.2) is 14.8 Å². The lowest BCUT2D eigenvalue weighted by Gasteiger charge is -2.18. The molecule has 0 aliphatic carbocycles. The van der Waals surface area contributed by atoms with Gasteiger partial charge in [0.25, 0.3) is 0 Å². The van der Waals surface area contributed by atoms with E-state index in [2.05, 4.69) is 32.6 Å². The number of thiocarbonyl (C=S) groups is 1. The third-order valence-electron chi connectivity index (χ3n) is 2.38. The van der Waals surface area contributed by atoms with Gasteiger partial charge in [-0.1, -0.05) is 12.2 Å². The number of carbonyl (C=O) groups excluding carboxylic acids is 1. The molecule has 9 heteroatoms. The second kappa shape index (κ2) is 7.42. The van der Waals surface area contributed by atoms with Crippen molar-refractivity contribution in [1.29, 1.82) is 0 Å². The monoisotopic (exact) mass is 351 g/mol. The Hall–Kier alpha value is -2.13. The highest BCUT2D eigenvalue weighted by molar-refractivity contribution is 7.80. The molecule has 2 aromatic rings. The number of anilines is 1. The number of ether oxygens (including phenoxy) is 1. The molecule has 1 amide bonds. The zero-order chi connectivity index (χ0) is 16.9. The molecule has 0 aromatic carbocycles. The van der Waals surface area contributed by atoms with Crippen molar-refractivity contribution in [2.45, 2.75) is 32.9 Å². The largest absolute Gasteiger partial charge is 0.444 e. The van der Waals surface area contributed by atoms with Gasteiger partial charge in [-0.3, -0.25) is 10.00 Å². The fourth-order valence-electron chi connectivity index (χ4n) is 1.61. The molecule has 2 heterocycles. The Morgan fingerprint density at radius 3 is 3.04 bits per heavy atom. The molecule has 23 heavy (non-hydrogen) atoms. The summed E-state index contributed by atoms with van der Waals surface area (Å²) in [7, 11) is 0. The van der Waals surface area contributed by atoms with Crippen molar-refractivity contribution < 1.29 is 9.53 Å². The summed E-state index contributed by atoms with van der Waals surface area (Å²) in [6.07, 6.45) is 2.79. The van der Waals surface area contributed by atoms with Crippen LogP contribution in [0.1, 0.15) is 26.5 Å². The number of rotatable bonds is 5. The minimum Gasteiger partial charge on any atom is -0.444 e. The van der Waals surface area contributed by atoms with Gasteiger partial charge in [0.15, 0.2) is 10.9 Å². The van der Waals surface area contributed by atoms with Gasteiger partial charge in [0, 0.05) is 29.2 Å². The van der Waals surface area contributed by atoms with E-state index >= 15 is 0 Å². The fourth-order valence-corrected chi connectivity index (χ4v) is 2.36. The first kappa shape index (κ1) is 17.2. The van der Waals surface area contributed by atoms with Crippen LogP contribution in [0.2, 0.25) is 0 Å². The van der Waals surface area contributed by atoms with Crippen molar-refractivity contribution >= 4 is 52.2 Å². The molecule has 0 spiro atoms. The summed E-state index contributed by atoms with van der Waals surface area (Å²) in [6, 6.07) is 1.78. The van der Waals surface area contributed by atoms with Gasteiger partial charge in [0.1, 0.15) is 5.60 Å². The Kier molecular flexibility index (Phi) is 5.56. The molecule has 0 bridgehead atoms. The molecule has 0 unspecified atom stereocenters. The number of carbonyl (C=O) groups is 1. The molecule has 0 aliphatic rings. The third-order valence-corrected chi connectivity index (χ3v) is 3.31. The lowest BCUT2D eigenvalue weighted by atomic mass is 10.2. The minimum absolute atomic E-state index is 0.486. The second-order valence-corrected chi connectivity index (χ2v) is 6.69. The predicted molar refractivity (Wildman–Crippen MR) is 95.1 cm³/mol. The van der Waals surface area contributed by atoms with Crippen LogP contribution in [0.3, 0.4) is 0 Å². The quantitative estimate of drug-likeness (QED) is 0.659. The first-order chi connectivity index (χ1) is 10.9. The van der Waals surface area contributed by atoms with Gasteiger partial charge in [0.05, 0.1) is 12.2 Å². The zero-order valence-corrected chi connectivity index (χ0v) is 14.6. The highest BCUT2D eigenvalue weighted by Gasteiger charge is 2.17. The molecular weight excluding hydrogens is 334 g/mol. The number of hydrogen-bond acceptors (Lipinski definition) is 7. The van der Waals surface area contributed by atoms with E-state index in [1.54, 1.807) is 37.7 Å². The number of aliphatic imine (C=N–C) groups is 1. The maximum atomic E-state index is 11.7. The maximum Gasteiger partial charge on any atom is 0.413 e. The summed E-state index contributed by atoms with van der Waals surface area (Å²) in [6.45, 7) is 5.91. The van der Waals surface area contributed by atoms with Crippen LogP contribution in [0.4, 0.5) is 15.7 Å². The molecule has 0 saturated carbocycles. The van der Waals surface area contributed by atoms with E-state index < -0.39 is 11.7 Å². The molecule has 0 saturated heterocycles. The smallest absolute Gasteiger partial charge is 0.413 e. The summed E-state index contributed by atoms with van der Waals surface area (Å²) in [5, 5.41) is 10.6. The lowest BCUT2D eigenvalue weighted by Crippen LogP contribution is -2.27. The van der Waals surface area contributed by atoms with E-state index in [1.807, 2.05) is 5.38 Å². The van der Waals surface area contributed by atoms with Gasteiger partial charge in [0.2, 0.25) is 0 Å². The highest BCUT2D eigenvalue weighted by atomic mass is 32.1. The van der Waals surface area contributed by atoms with Crippen LogP contribution in [0.5, 0.6) is 0 Å². The SMILES string of the molecule is CC(C)(C)OC(=O)Nc1nc(Cn2ccc(N=CC=S)n2)cs1. The average molecular weight is 351 g/mol. The van der Waals surface area contributed by atoms with Crippen LogP contribution >= 0.6 is 23.6 Å². The Labute approximate surface area is 143 Å². The van der Waals surface area contributed by atoms with E-state index in [9.17, 15) is 4.79 Å². The Bertz CT molecular complexity index is 715. The number of hydrogen-bond donors (Lipinski definition) is 1. The Morgan fingerprint density at radius 1 is 1.57 bits per heavy atom. The van der Waals surface area contributed by atoms with Crippen LogP contribution in [0.15, 0.2) is 22.6 Å². The van der Waals surface area contributed by atoms with E-state index in [4.69, 9.17) is 4.74 Å². The van der Waals surface area contributed by atoms with Crippen molar-refractivity contribution in [3.05, 3.63) is 23.3 Å². The topological polar surface area (TPSA) is 81.4 Å². The summed E-state index contributed by atoms with van der Waals surface area (Å²) in [5.41, 5.74) is 0.244. The summed E-state index contributed by atoms with van der Waals surface area (Å²) in [5.74, 6) is 0.577. The van der Waals surface area contributed by atoms with Gasteiger partial charge in [-0.15, -0.1) is 11.3 Å². The van der Waals surface area contributed by atoms with Gasteiger partial charge in [-0.05, 0) is 20.8 Å². The van der Waals surface area contributed by atoms with Crippen molar-refractivity contribution in [2.75, 3.05) is 5.32 Å². The third kappa shape index (κ3) is 5.87. The van der Waals surface area contributed by atoms with E-state index in [0.29, 0.717) is 17.5 Å². The lowest BCUT2D eigenvalue weighted by molar-refractivity contribution is 0.0636. The average Bonchev–Trinajstić information content (AvgIpc) is 3.04. The summed E-state index contributed by atoms with van der Waals surface area (Å²) in [4.78, 5) is 20.1. The molecule has 7 nitrogen and oxygen atoms in total. The number of nitrogens with one attached hydrogen (secondary N) is 1. The molecule has 2 aromatic heterocycles. The highest BCUT2D eigenvalue weighted by Crippen LogP contribution is 2.18. The fraction of sp³-hybridized carbons (Fsp3) is 0.357. The van der Waals surface area contributed by atoms with Gasteiger partial charge >= 0.3 is 6.09 Å². The van der Waals surface area contributed by atoms with Crippen molar-refractivity contribution in [3.8, 4) is 0 Å². The number of amides is 1. The summed E-state index contributed by atoms with van der Waals surface area (Å²) < 4.78 is 6.89. The van der Waals surface area contributed by atoms with Gasteiger partial charge in [-0.2, -0.15) is 5.10 Å². The van der Waals surface area contributed by atoms with Crippen molar-refractivity contribution in [2.24, 2.45) is 4.99 Å².